The standard InChI is InChI=1S/C40H38BFN4O2.C34H26BrFN4.C12H24B2O4/c1-38(2)39(3,4)48-41(47-38)32-20-21-35-34(25-32)37(28-22-23-43-36(24-28)45-26-33(42)27-45)44-46(35)40(29-14-8-5-9-15-29,30-16-10-6-11-17-30)31-18-12-7-13-19-31;35-28-16-17-31-30(21-28)33(24-18-19-37-32(20-24)39-22-29(36)23-39)38-40(31)34(25-10-4-1-5-11-25,26-12-6-2-7-13-26)27-14-8-3-9-15-27;1-9(2)10(3,4)16-13(15-9)14-17-11(5,6)12(7,8)18-14/h5-25,33H,26-27H2,1-4H3;1-21,29H,22-23H2;1-8H3. The van der Waals surface area contributed by atoms with Crippen LogP contribution in [0.3, 0.4) is 0 Å². The highest BCUT2D eigenvalue weighted by atomic mass is 79.9. The number of hydrogen-bond donors (Lipinski definition) is 0. The van der Waals surface area contributed by atoms with Gasteiger partial charge >= 0.3 is 21.1 Å². The summed E-state index contributed by atoms with van der Waals surface area (Å²) < 4.78 is 69.7. The average molecular weight is 1480 g/mol. The molecule has 12 aromatic rings. The van der Waals surface area contributed by atoms with Gasteiger partial charge in [-0.15, -0.1) is 0 Å². The number of rotatable bonds is 14. The molecule has 0 radical (unpaired) electrons. The number of pyridine rings is 2. The molecule has 0 bridgehead atoms. The highest BCUT2D eigenvalue weighted by Crippen LogP contribution is 2.49. The molecule has 14 nitrogen and oxygen atoms in total. The van der Waals surface area contributed by atoms with Gasteiger partial charge < -0.3 is 37.7 Å². The van der Waals surface area contributed by atoms with Gasteiger partial charge in [-0.25, -0.2) is 28.1 Å². The van der Waals surface area contributed by atoms with Crippen molar-refractivity contribution < 1.29 is 36.7 Å². The molecule has 4 aromatic heterocycles. The molecule has 9 heterocycles. The molecule has 8 aromatic carbocycles. The van der Waals surface area contributed by atoms with Gasteiger partial charge in [0.05, 0.1) is 70.8 Å². The van der Waals surface area contributed by atoms with Crippen molar-refractivity contribution in [3.8, 4) is 22.5 Å². The van der Waals surface area contributed by atoms with Crippen molar-refractivity contribution in [2.24, 2.45) is 0 Å². The smallest absolute Gasteiger partial charge is 0.405 e. The Morgan fingerprint density at radius 3 is 0.972 bits per heavy atom. The summed E-state index contributed by atoms with van der Waals surface area (Å²) in [6, 6.07) is 84.1. The van der Waals surface area contributed by atoms with Crippen LogP contribution in [0.15, 0.2) is 260 Å². The van der Waals surface area contributed by atoms with Crippen LogP contribution >= 0.6 is 15.9 Å². The summed E-state index contributed by atoms with van der Waals surface area (Å²) in [5, 5.41) is 13.0. The quantitative estimate of drug-likeness (QED) is 0.0761. The molecule has 0 aliphatic carbocycles. The molecule has 106 heavy (non-hydrogen) atoms. The van der Waals surface area contributed by atoms with Crippen LogP contribution in [-0.2, 0) is 39.0 Å². The first-order valence-electron chi connectivity index (χ1n) is 36.5. The number of fused-ring (bicyclic) bond motifs is 2. The van der Waals surface area contributed by atoms with Crippen molar-refractivity contribution in [2.45, 2.75) is 140 Å². The zero-order valence-electron chi connectivity index (χ0n) is 62.1. The molecule has 5 saturated heterocycles. The van der Waals surface area contributed by atoms with Crippen LogP contribution in [0.2, 0.25) is 0 Å². The van der Waals surface area contributed by atoms with Gasteiger partial charge in [0.1, 0.15) is 46.4 Å². The number of anilines is 2. The number of aromatic nitrogens is 6. The molecule has 0 spiro atoms. The molecule has 0 N–H and O–H groups in total. The SMILES string of the molecule is CC1(C)OB(B2OC(C)(C)C(C)(C)O2)OC1(C)C.CC1(C)OB(c2ccc3c(c2)c(-c2ccnc(N4CC(F)C4)c2)nn3C(c2ccccc2)(c2ccccc2)c2ccccc2)OC1(C)C.FC1CN(c2cc(-c3nn(C(c4ccccc4)(c4ccccc4)c4ccccc4)c4ccc(Br)cc34)ccn2)C1. The van der Waals surface area contributed by atoms with Crippen molar-refractivity contribution in [1.82, 2.24) is 29.5 Å². The minimum absolute atomic E-state index is 0.344. The molecule has 538 valence electrons. The second-order valence-corrected chi connectivity index (χ2v) is 32.1. The lowest BCUT2D eigenvalue weighted by Crippen LogP contribution is -2.48. The van der Waals surface area contributed by atoms with Gasteiger partial charge in [-0.1, -0.05) is 210 Å². The molecule has 0 saturated carbocycles. The molecule has 17 rings (SSSR count). The minimum Gasteiger partial charge on any atom is -0.405 e. The lowest BCUT2D eigenvalue weighted by atomic mass is 9.49. The maximum absolute atomic E-state index is 13.9. The lowest BCUT2D eigenvalue weighted by Gasteiger charge is -2.37. The Balaban J connectivity index is 0.000000140. The van der Waals surface area contributed by atoms with Crippen LogP contribution in [0.4, 0.5) is 20.4 Å². The predicted molar refractivity (Wildman–Crippen MR) is 425 cm³/mol. The van der Waals surface area contributed by atoms with E-state index in [-0.39, 0.29) is 22.4 Å². The Hall–Kier alpha value is -9.11. The average Bonchev–Trinajstić information content (AvgIpc) is 1.48. The molecule has 0 atom stereocenters. The van der Waals surface area contributed by atoms with E-state index in [4.69, 9.17) is 38.1 Å². The van der Waals surface area contributed by atoms with Gasteiger partial charge in [0, 0.05) is 38.8 Å². The van der Waals surface area contributed by atoms with Gasteiger partial charge in [0.2, 0.25) is 0 Å². The third kappa shape index (κ3) is 13.0. The highest BCUT2D eigenvalue weighted by Gasteiger charge is 2.64. The predicted octanol–water partition coefficient (Wildman–Crippen LogP) is 17.5. The Kier molecular flexibility index (Phi) is 19.1. The topological polar surface area (TPSA) is 123 Å². The first-order valence-corrected chi connectivity index (χ1v) is 37.3. The zero-order valence-corrected chi connectivity index (χ0v) is 63.7. The number of benzene rings is 8. The van der Waals surface area contributed by atoms with E-state index >= 15 is 0 Å². The van der Waals surface area contributed by atoms with E-state index in [1.165, 1.54) is 0 Å². The van der Waals surface area contributed by atoms with E-state index in [0.717, 1.165) is 99.3 Å². The van der Waals surface area contributed by atoms with Crippen LogP contribution in [-0.4, -0.2) is 123 Å². The number of halogens is 3. The van der Waals surface area contributed by atoms with Crippen LogP contribution < -0.4 is 15.3 Å². The molecule has 0 amide bonds. The van der Waals surface area contributed by atoms with E-state index < -0.39 is 55.8 Å². The summed E-state index contributed by atoms with van der Waals surface area (Å²) in [5.41, 5.74) is 8.98. The van der Waals surface area contributed by atoms with E-state index in [2.05, 4.69) is 245 Å². The van der Waals surface area contributed by atoms with Crippen molar-refractivity contribution in [3.05, 3.63) is 293 Å². The van der Waals surface area contributed by atoms with Gasteiger partial charge in [-0.05, 0) is 170 Å². The van der Waals surface area contributed by atoms with Crippen molar-refractivity contribution >= 4 is 76.0 Å². The second kappa shape index (κ2) is 27.9. The molecule has 5 fully saturated rings. The van der Waals surface area contributed by atoms with Gasteiger partial charge in [-0.3, -0.25) is 0 Å². The molecule has 20 heteroatoms. The summed E-state index contributed by atoms with van der Waals surface area (Å²) in [6.07, 6.45) is 1.95. The minimum atomic E-state index is -0.832. The van der Waals surface area contributed by atoms with Crippen LogP contribution in [0, 0.1) is 0 Å². The molecule has 5 aliphatic heterocycles. The highest BCUT2D eigenvalue weighted by molar-refractivity contribution is 9.10. The van der Waals surface area contributed by atoms with E-state index in [1.54, 1.807) is 12.4 Å². The van der Waals surface area contributed by atoms with Crippen molar-refractivity contribution in [1.29, 1.82) is 0 Å². The molecular weight excluding hydrogens is 1390 g/mol. The largest absolute Gasteiger partial charge is 0.494 e. The van der Waals surface area contributed by atoms with Crippen LogP contribution in [0.25, 0.3) is 44.3 Å². The lowest BCUT2D eigenvalue weighted by molar-refractivity contribution is 0.00578. The normalized spacial score (nSPS) is 18.6. The molecule has 0 unspecified atom stereocenters. The van der Waals surface area contributed by atoms with Crippen molar-refractivity contribution in [3.63, 3.8) is 0 Å². The van der Waals surface area contributed by atoms with E-state index in [9.17, 15) is 8.78 Å². The number of hydrogen-bond acceptors (Lipinski definition) is 12. The second-order valence-electron chi connectivity index (χ2n) is 31.2. The number of alkyl halides is 2. The van der Waals surface area contributed by atoms with Crippen LogP contribution in [0.5, 0.6) is 0 Å². The fourth-order valence-corrected chi connectivity index (χ4v) is 15.2. The Bertz CT molecular complexity index is 4830. The Morgan fingerprint density at radius 2 is 0.660 bits per heavy atom. The molecule has 5 aliphatic rings. The number of nitrogens with zero attached hydrogens (tertiary/aromatic N) is 8. The van der Waals surface area contributed by atoms with Gasteiger partial charge in [0.25, 0.3) is 0 Å². The van der Waals surface area contributed by atoms with Crippen LogP contribution in [0.1, 0.15) is 116 Å². The summed E-state index contributed by atoms with van der Waals surface area (Å²) >= 11 is 3.70. The Labute approximate surface area is 629 Å². The third-order valence-electron chi connectivity index (χ3n) is 22.8. The molecular formula is C86H88B3BrF2N8O6. The summed E-state index contributed by atoms with van der Waals surface area (Å²) in [6.45, 7) is 25.9. The van der Waals surface area contributed by atoms with E-state index in [0.29, 0.717) is 26.2 Å². The van der Waals surface area contributed by atoms with Gasteiger partial charge in [-0.2, -0.15) is 10.2 Å². The fraction of sp³-hybridized carbons (Fsp3) is 0.302. The van der Waals surface area contributed by atoms with Gasteiger partial charge in [0.15, 0.2) is 0 Å². The van der Waals surface area contributed by atoms with E-state index in [1.807, 2.05) is 126 Å². The first-order chi connectivity index (χ1) is 50.7. The summed E-state index contributed by atoms with van der Waals surface area (Å²) in [5.74, 6) is 1.51. The monoisotopic (exact) mass is 1480 g/mol. The maximum Gasteiger partial charge on any atom is 0.494 e. The Morgan fingerprint density at radius 1 is 0.368 bits per heavy atom. The maximum atomic E-state index is 13.9. The first kappa shape index (κ1) is 72.5. The summed E-state index contributed by atoms with van der Waals surface area (Å²) in [4.78, 5) is 13.1. The third-order valence-corrected chi connectivity index (χ3v) is 23.3. The van der Waals surface area contributed by atoms with Crippen molar-refractivity contribution in [2.75, 3.05) is 36.0 Å². The fourth-order valence-electron chi connectivity index (χ4n) is 14.8. The zero-order chi connectivity index (χ0) is 74.2. The summed E-state index contributed by atoms with van der Waals surface area (Å²) in [7, 11) is -1.49.